The first-order valence-corrected chi connectivity index (χ1v) is 12.8. The van der Waals surface area contributed by atoms with Crippen molar-refractivity contribution in [3.63, 3.8) is 0 Å². The molecule has 0 radical (unpaired) electrons. The van der Waals surface area contributed by atoms with Crippen LogP contribution in [0.2, 0.25) is 5.02 Å². The number of rotatable bonds is 6. The van der Waals surface area contributed by atoms with E-state index in [0.29, 0.717) is 50.5 Å². The summed E-state index contributed by atoms with van der Waals surface area (Å²) in [5.74, 6) is -0.127. The Kier molecular flexibility index (Phi) is 7.86. The molecule has 2 aromatic carbocycles. The van der Waals surface area contributed by atoms with E-state index in [-0.39, 0.29) is 29.3 Å². The number of morpholine rings is 1. The summed E-state index contributed by atoms with van der Waals surface area (Å²) in [6, 6.07) is 13.9. The molecule has 3 atom stereocenters. The van der Waals surface area contributed by atoms with Crippen LogP contribution in [0.1, 0.15) is 44.7 Å². The fraction of sp³-hybridized carbons (Fsp3) is 0.536. The number of benzene rings is 2. The van der Waals surface area contributed by atoms with Gasteiger partial charge < -0.3 is 19.6 Å². The summed E-state index contributed by atoms with van der Waals surface area (Å²) in [6.07, 6.45) is 1.59. The molecule has 0 saturated carbocycles. The van der Waals surface area contributed by atoms with Crippen molar-refractivity contribution in [3.05, 3.63) is 70.5 Å². The quantitative estimate of drug-likeness (QED) is 0.625. The topological polar surface area (TPSA) is 53.0 Å². The third kappa shape index (κ3) is 5.88. The zero-order valence-corrected chi connectivity index (χ0v) is 21.6. The molecule has 0 aromatic heterocycles. The highest BCUT2D eigenvalue weighted by Gasteiger charge is 2.48. The smallest absolute Gasteiger partial charge is 0.224 e. The normalized spacial score (nSPS) is 27.1. The minimum Gasteiger partial charge on any atom is -0.385 e. The van der Waals surface area contributed by atoms with Gasteiger partial charge in [0.15, 0.2) is 0 Å². The Hall–Kier alpha value is -1.99. The Morgan fingerprint density at radius 2 is 1.86 bits per heavy atom. The molecule has 7 heteroatoms. The molecule has 0 aliphatic carbocycles. The maximum absolute atomic E-state index is 13.2. The summed E-state index contributed by atoms with van der Waals surface area (Å²) in [4.78, 5) is 17.4. The fourth-order valence-corrected chi connectivity index (χ4v) is 5.57. The SMILES string of the molecule is C[C@H]1CO[C@H](Cc2ccc(F)cc2)CN1C(=O)CCN1CCC(O)(c2ccc(Cl)cc2)C(C)(C)C1. The van der Waals surface area contributed by atoms with Crippen LogP contribution >= 0.6 is 11.6 Å². The lowest BCUT2D eigenvalue weighted by Gasteiger charge is -2.50. The maximum atomic E-state index is 13.2. The van der Waals surface area contributed by atoms with Gasteiger partial charge in [-0.25, -0.2) is 4.39 Å². The number of hydrogen-bond acceptors (Lipinski definition) is 4. The predicted octanol–water partition coefficient (Wildman–Crippen LogP) is 4.65. The Morgan fingerprint density at radius 3 is 2.51 bits per heavy atom. The number of likely N-dealkylation sites (tertiary alicyclic amines) is 1. The molecular weight excluding hydrogens is 467 g/mol. The lowest BCUT2D eigenvalue weighted by molar-refractivity contribution is -0.146. The molecule has 35 heavy (non-hydrogen) atoms. The number of ether oxygens (including phenoxy) is 1. The van der Waals surface area contributed by atoms with E-state index >= 15 is 0 Å². The molecule has 0 bridgehead atoms. The first kappa shape index (κ1) is 26.1. The van der Waals surface area contributed by atoms with Gasteiger partial charge in [0.25, 0.3) is 0 Å². The van der Waals surface area contributed by atoms with Gasteiger partial charge in [-0.1, -0.05) is 49.7 Å². The van der Waals surface area contributed by atoms with Crippen molar-refractivity contribution in [3.8, 4) is 0 Å². The van der Waals surface area contributed by atoms with Crippen LogP contribution in [0.4, 0.5) is 4.39 Å². The Labute approximate surface area is 212 Å². The van der Waals surface area contributed by atoms with Crippen LogP contribution in [-0.4, -0.2) is 65.7 Å². The summed E-state index contributed by atoms with van der Waals surface area (Å²) in [5, 5.41) is 12.2. The third-order valence-electron chi connectivity index (χ3n) is 7.69. The van der Waals surface area contributed by atoms with Gasteiger partial charge in [0.1, 0.15) is 5.82 Å². The molecule has 2 saturated heterocycles. The van der Waals surface area contributed by atoms with Crippen LogP contribution in [0.3, 0.4) is 0 Å². The molecule has 4 rings (SSSR count). The second-order valence-electron chi connectivity index (χ2n) is 10.7. The van der Waals surface area contributed by atoms with Crippen LogP contribution in [0.25, 0.3) is 0 Å². The summed E-state index contributed by atoms with van der Waals surface area (Å²) >= 11 is 6.04. The predicted molar refractivity (Wildman–Crippen MR) is 136 cm³/mol. The molecule has 1 amide bonds. The van der Waals surface area contributed by atoms with Crippen LogP contribution < -0.4 is 0 Å². The number of carbonyl (C=O) groups excluding carboxylic acids is 1. The van der Waals surface area contributed by atoms with Gasteiger partial charge in [0.2, 0.25) is 5.91 Å². The average Bonchev–Trinajstić information content (AvgIpc) is 2.82. The van der Waals surface area contributed by atoms with Crippen LogP contribution in [0.15, 0.2) is 48.5 Å². The van der Waals surface area contributed by atoms with Crippen molar-refractivity contribution in [2.75, 3.05) is 32.8 Å². The van der Waals surface area contributed by atoms with Gasteiger partial charge in [-0.3, -0.25) is 4.79 Å². The lowest BCUT2D eigenvalue weighted by Crippen LogP contribution is -2.56. The zero-order valence-electron chi connectivity index (χ0n) is 20.8. The number of amides is 1. The Bertz CT molecular complexity index is 1010. The summed E-state index contributed by atoms with van der Waals surface area (Å²) in [6.45, 7) is 9.31. The molecule has 2 fully saturated rings. The minimum atomic E-state index is -0.940. The van der Waals surface area contributed by atoms with Gasteiger partial charge >= 0.3 is 0 Å². The molecule has 2 aliphatic rings. The molecule has 5 nitrogen and oxygen atoms in total. The average molecular weight is 503 g/mol. The van der Waals surface area contributed by atoms with Gasteiger partial charge in [0, 0.05) is 49.5 Å². The van der Waals surface area contributed by atoms with E-state index in [1.54, 1.807) is 12.1 Å². The molecule has 1 unspecified atom stereocenters. The minimum absolute atomic E-state index is 0.0276. The monoisotopic (exact) mass is 502 g/mol. The van der Waals surface area contributed by atoms with Crippen molar-refractivity contribution in [1.29, 1.82) is 0 Å². The molecule has 190 valence electrons. The van der Waals surface area contributed by atoms with E-state index in [9.17, 15) is 14.3 Å². The van der Waals surface area contributed by atoms with Crippen LogP contribution in [-0.2, 0) is 21.6 Å². The van der Waals surface area contributed by atoms with E-state index < -0.39 is 5.60 Å². The van der Waals surface area contributed by atoms with Crippen molar-refractivity contribution < 1.29 is 19.0 Å². The fourth-order valence-electron chi connectivity index (χ4n) is 5.45. The summed E-state index contributed by atoms with van der Waals surface area (Å²) < 4.78 is 19.2. The van der Waals surface area contributed by atoms with E-state index in [4.69, 9.17) is 16.3 Å². The highest BCUT2D eigenvalue weighted by atomic mass is 35.5. The van der Waals surface area contributed by atoms with E-state index in [1.807, 2.05) is 36.1 Å². The van der Waals surface area contributed by atoms with E-state index in [1.165, 1.54) is 12.1 Å². The second kappa shape index (κ2) is 10.6. The molecule has 2 aliphatic heterocycles. The maximum Gasteiger partial charge on any atom is 0.224 e. The molecule has 1 N–H and O–H groups in total. The number of piperidine rings is 1. The van der Waals surface area contributed by atoms with Crippen molar-refractivity contribution >= 4 is 17.5 Å². The number of halogens is 2. The molecule has 2 heterocycles. The van der Waals surface area contributed by atoms with Gasteiger partial charge in [-0.2, -0.15) is 0 Å². The summed E-state index contributed by atoms with van der Waals surface area (Å²) in [5.41, 5.74) is 0.568. The lowest BCUT2D eigenvalue weighted by atomic mass is 9.66. The highest BCUT2D eigenvalue weighted by Crippen LogP contribution is 2.46. The van der Waals surface area contributed by atoms with Crippen LogP contribution in [0, 0.1) is 11.2 Å². The van der Waals surface area contributed by atoms with Gasteiger partial charge in [-0.05, 0) is 48.7 Å². The number of aliphatic hydroxyl groups is 1. The largest absolute Gasteiger partial charge is 0.385 e. The number of carbonyl (C=O) groups is 1. The van der Waals surface area contributed by atoms with Gasteiger partial charge in [-0.15, -0.1) is 0 Å². The number of nitrogens with zero attached hydrogens (tertiary/aromatic N) is 2. The Balaban J connectivity index is 1.32. The second-order valence-corrected chi connectivity index (χ2v) is 11.1. The summed E-state index contributed by atoms with van der Waals surface area (Å²) in [7, 11) is 0. The standard InChI is InChI=1S/C28H36ClFN2O3/c1-20-18-35-25(16-21-4-10-24(30)11-5-21)17-32(20)26(33)12-14-31-15-13-28(34,27(2,3)19-31)22-6-8-23(29)9-7-22/h4-11,20,25,34H,12-19H2,1-3H3/t20-,25+,28?/m0/s1. The van der Waals surface area contributed by atoms with Crippen LogP contribution in [0.5, 0.6) is 0 Å². The zero-order chi connectivity index (χ0) is 25.2. The van der Waals surface area contributed by atoms with E-state index in [0.717, 1.165) is 17.7 Å². The molecular formula is C28H36ClFN2O3. The van der Waals surface area contributed by atoms with Gasteiger partial charge in [0.05, 0.1) is 24.4 Å². The van der Waals surface area contributed by atoms with Crippen molar-refractivity contribution in [1.82, 2.24) is 9.80 Å². The van der Waals surface area contributed by atoms with Crippen molar-refractivity contribution in [2.24, 2.45) is 5.41 Å². The molecule has 2 aromatic rings. The first-order valence-electron chi connectivity index (χ1n) is 12.4. The number of hydrogen-bond donors (Lipinski definition) is 1. The van der Waals surface area contributed by atoms with E-state index in [2.05, 4.69) is 18.7 Å². The first-order chi connectivity index (χ1) is 16.6. The highest BCUT2D eigenvalue weighted by molar-refractivity contribution is 6.30. The Morgan fingerprint density at radius 1 is 1.17 bits per heavy atom. The third-order valence-corrected chi connectivity index (χ3v) is 7.95. The van der Waals surface area contributed by atoms with Crippen molar-refractivity contribution in [2.45, 2.75) is 57.8 Å². The molecule has 0 spiro atoms.